The molecular formula is C15H22N2O4. The molecule has 1 aromatic carbocycles. The summed E-state index contributed by atoms with van der Waals surface area (Å²) in [6, 6.07) is 9.15. The van der Waals surface area contributed by atoms with Gasteiger partial charge >= 0.3 is 6.09 Å². The molecule has 2 N–H and O–H groups in total. The summed E-state index contributed by atoms with van der Waals surface area (Å²) in [5.41, 5.74) is 2.48. The molecule has 0 aliphatic carbocycles. The van der Waals surface area contributed by atoms with Gasteiger partial charge in [0.05, 0.1) is 13.0 Å². The highest BCUT2D eigenvalue weighted by Gasteiger charge is 2.23. The standard InChI is InChI=1S/C15H22N2O4/c1-15(2,3)21-14(19)16-10-12(13(18)17-20-4)11-8-6-5-7-9-11/h5-9,12H,10H2,1-4H3,(H,16,19)(H,17,18). The Morgan fingerprint density at radius 2 is 1.81 bits per heavy atom. The highest BCUT2D eigenvalue weighted by Crippen LogP contribution is 2.15. The van der Waals surface area contributed by atoms with E-state index in [-0.39, 0.29) is 12.5 Å². The van der Waals surface area contributed by atoms with E-state index in [2.05, 4.69) is 15.6 Å². The number of ether oxygens (including phenoxy) is 1. The number of carbonyl (C=O) groups excluding carboxylic acids is 2. The molecule has 0 aliphatic heterocycles. The molecule has 116 valence electrons. The molecule has 6 heteroatoms. The Balaban J connectivity index is 2.71. The minimum absolute atomic E-state index is 0.119. The lowest BCUT2D eigenvalue weighted by Crippen LogP contribution is -2.39. The van der Waals surface area contributed by atoms with Gasteiger partial charge in [-0.25, -0.2) is 10.3 Å². The molecule has 2 amide bonds. The maximum absolute atomic E-state index is 12.0. The first kappa shape index (κ1) is 17.0. The Morgan fingerprint density at radius 3 is 2.33 bits per heavy atom. The summed E-state index contributed by atoms with van der Waals surface area (Å²) >= 11 is 0. The monoisotopic (exact) mass is 294 g/mol. The molecule has 0 aliphatic rings. The van der Waals surface area contributed by atoms with Crippen LogP contribution in [0.3, 0.4) is 0 Å². The Labute approximate surface area is 124 Å². The molecule has 21 heavy (non-hydrogen) atoms. The minimum Gasteiger partial charge on any atom is -0.444 e. The number of benzene rings is 1. The van der Waals surface area contributed by atoms with Crippen molar-refractivity contribution in [1.82, 2.24) is 10.8 Å². The van der Waals surface area contributed by atoms with Crippen molar-refractivity contribution in [2.24, 2.45) is 0 Å². The van der Waals surface area contributed by atoms with Gasteiger partial charge in [0, 0.05) is 6.54 Å². The average molecular weight is 294 g/mol. The topological polar surface area (TPSA) is 76.7 Å². The minimum atomic E-state index is -0.582. The van der Waals surface area contributed by atoms with E-state index < -0.39 is 17.6 Å². The number of carbonyl (C=O) groups is 2. The third-order valence-corrected chi connectivity index (χ3v) is 2.57. The lowest BCUT2D eigenvalue weighted by Gasteiger charge is -2.21. The number of amides is 2. The fourth-order valence-corrected chi connectivity index (χ4v) is 1.72. The smallest absolute Gasteiger partial charge is 0.407 e. The van der Waals surface area contributed by atoms with E-state index in [0.29, 0.717) is 0 Å². The van der Waals surface area contributed by atoms with Crippen molar-refractivity contribution in [3.8, 4) is 0 Å². The van der Waals surface area contributed by atoms with Crippen LogP contribution in [0.5, 0.6) is 0 Å². The maximum atomic E-state index is 12.0. The quantitative estimate of drug-likeness (QED) is 0.814. The zero-order valence-corrected chi connectivity index (χ0v) is 12.8. The zero-order valence-electron chi connectivity index (χ0n) is 12.8. The summed E-state index contributed by atoms with van der Waals surface area (Å²) in [4.78, 5) is 28.3. The van der Waals surface area contributed by atoms with Gasteiger partial charge in [0.15, 0.2) is 0 Å². The highest BCUT2D eigenvalue weighted by molar-refractivity contribution is 5.83. The second kappa shape index (κ2) is 7.64. The van der Waals surface area contributed by atoms with Crippen LogP contribution in [0.4, 0.5) is 4.79 Å². The SMILES string of the molecule is CONC(=O)C(CNC(=O)OC(C)(C)C)c1ccccc1. The van der Waals surface area contributed by atoms with Crippen molar-refractivity contribution in [1.29, 1.82) is 0 Å². The average Bonchev–Trinajstić information content (AvgIpc) is 2.38. The number of nitrogens with one attached hydrogen (secondary N) is 2. The van der Waals surface area contributed by atoms with Crippen molar-refractivity contribution in [2.75, 3.05) is 13.7 Å². The van der Waals surface area contributed by atoms with E-state index in [9.17, 15) is 9.59 Å². The molecule has 0 radical (unpaired) electrons. The van der Waals surface area contributed by atoms with Crippen LogP contribution in [-0.4, -0.2) is 31.3 Å². The van der Waals surface area contributed by atoms with E-state index in [1.807, 2.05) is 30.3 Å². The lowest BCUT2D eigenvalue weighted by molar-refractivity contribution is -0.132. The van der Waals surface area contributed by atoms with E-state index in [4.69, 9.17) is 4.74 Å². The predicted octanol–water partition coefficient (Wildman–Crippen LogP) is 1.97. The molecule has 0 aromatic heterocycles. The third kappa shape index (κ3) is 6.27. The normalized spacial score (nSPS) is 12.4. The first-order valence-corrected chi connectivity index (χ1v) is 6.68. The van der Waals surface area contributed by atoms with Gasteiger partial charge in [0.2, 0.25) is 0 Å². The second-order valence-corrected chi connectivity index (χ2v) is 5.52. The number of hydroxylamine groups is 1. The predicted molar refractivity (Wildman–Crippen MR) is 78.6 cm³/mol. The van der Waals surface area contributed by atoms with Crippen molar-refractivity contribution in [3.63, 3.8) is 0 Å². The molecule has 0 fully saturated rings. The van der Waals surface area contributed by atoms with E-state index in [0.717, 1.165) is 5.56 Å². The molecular weight excluding hydrogens is 272 g/mol. The van der Waals surface area contributed by atoms with Gasteiger partial charge in [0.25, 0.3) is 5.91 Å². The van der Waals surface area contributed by atoms with Crippen LogP contribution < -0.4 is 10.8 Å². The van der Waals surface area contributed by atoms with Crippen molar-refractivity contribution in [2.45, 2.75) is 32.3 Å². The highest BCUT2D eigenvalue weighted by atomic mass is 16.6. The molecule has 0 saturated heterocycles. The van der Waals surface area contributed by atoms with E-state index >= 15 is 0 Å². The van der Waals surface area contributed by atoms with Crippen LogP contribution in [0.1, 0.15) is 32.3 Å². The first-order valence-electron chi connectivity index (χ1n) is 6.68. The molecule has 0 bridgehead atoms. The van der Waals surface area contributed by atoms with E-state index in [1.54, 1.807) is 20.8 Å². The van der Waals surface area contributed by atoms with Gasteiger partial charge in [-0.3, -0.25) is 9.63 Å². The van der Waals surface area contributed by atoms with Gasteiger partial charge in [-0.1, -0.05) is 30.3 Å². The molecule has 1 aromatic rings. The Bertz CT molecular complexity index is 468. The van der Waals surface area contributed by atoms with Crippen molar-refractivity contribution in [3.05, 3.63) is 35.9 Å². The molecule has 6 nitrogen and oxygen atoms in total. The third-order valence-electron chi connectivity index (χ3n) is 2.57. The summed E-state index contributed by atoms with van der Waals surface area (Å²) in [6.45, 7) is 5.45. The number of hydrogen-bond donors (Lipinski definition) is 2. The summed E-state index contributed by atoms with van der Waals surface area (Å²) < 4.78 is 5.15. The summed E-state index contributed by atoms with van der Waals surface area (Å²) in [7, 11) is 1.36. The molecule has 0 spiro atoms. The fraction of sp³-hybridized carbons (Fsp3) is 0.467. The fourth-order valence-electron chi connectivity index (χ4n) is 1.72. The summed E-state index contributed by atoms with van der Waals surface area (Å²) in [5.74, 6) is -0.890. The number of alkyl carbamates (subject to hydrolysis) is 1. The largest absolute Gasteiger partial charge is 0.444 e. The Hall–Kier alpha value is -2.08. The van der Waals surface area contributed by atoms with Gasteiger partial charge in [-0.2, -0.15) is 0 Å². The Morgan fingerprint density at radius 1 is 1.19 bits per heavy atom. The van der Waals surface area contributed by atoms with Gasteiger partial charge < -0.3 is 10.1 Å². The van der Waals surface area contributed by atoms with Gasteiger partial charge in [-0.05, 0) is 26.3 Å². The van der Waals surface area contributed by atoms with Gasteiger partial charge in [-0.15, -0.1) is 0 Å². The number of rotatable bonds is 5. The van der Waals surface area contributed by atoms with Gasteiger partial charge in [0.1, 0.15) is 5.60 Å². The van der Waals surface area contributed by atoms with Crippen LogP contribution in [0.15, 0.2) is 30.3 Å². The van der Waals surface area contributed by atoms with Crippen LogP contribution in [0.25, 0.3) is 0 Å². The van der Waals surface area contributed by atoms with Crippen LogP contribution in [0, 0.1) is 0 Å². The maximum Gasteiger partial charge on any atom is 0.407 e. The van der Waals surface area contributed by atoms with E-state index in [1.165, 1.54) is 7.11 Å². The Kier molecular flexibility index (Phi) is 6.17. The van der Waals surface area contributed by atoms with Crippen LogP contribution in [0.2, 0.25) is 0 Å². The van der Waals surface area contributed by atoms with Crippen molar-refractivity contribution < 1.29 is 19.2 Å². The molecule has 0 heterocycles. The number of hydrogen-bond acceptors (Lipinski definition) is 4. The van der Waals surface area contributed by atoms with Crippen LogP contribution in [-0.2, 0) is 14.4 Å². The van der Waals surface area contributed by atoms with Crippen LogP contribution >= 0.6 is 0 Å². The first-order chi connectivity index (χ1) is 9.83. The lowest BCUT2D eigenvalue weighted by atomic mass is 9.98. The molecule has 1 rings (SSSR count). The molecule has 1 atom stereocenters. The molecule has 0 saturated carbocycles. The zero-order chi connectivity index (χ0) is 15.9. The summed E-state index contributed by atoms with van der Waals surface area (Å²) in [5, 5.41) is 2.60. The molecule has 1 unspecified atom stereocenters. The summed E-state index contributed by atoms with van der Waals surface area (Å²) in [6.07, 6.45) is -0.561. The second-order valence-electron chi connectivity index (χ2n) is 5.52. The van der Waals surface area contributed by atoms with Crippen molar-refractivity contribution >= 4 is 12.0 Å².